The van der Waals surface area contributed by atoms with Crippen molar-refractivity contribution in [1.82, 2.24) is 20.4 Å². The second-order valence-corrected chi connectivity index (χ2v) is 6.27. The topological polar surface area (TPSA) is 68.2 Å². The SMILES string of the molecule is Cc1ccc(OCCNC(=O)[C@H]2CNC[C@@H]2c2cnn(C)c2)cc1.Cl. The van der Waals surface area contributed by atoms with Crippen LogP contribution in [0.1, 0.15) is 17.0 Å². The minimum Gasteiger partial charge on any atom is -0.492 e. The third-order valence-corrected chi connectivity index (χ3v) is 4.39. The number of rotatable bonds is 6. The molecule has 0 unspecified atom stereocenters. The highest BCUT2D eigenvalue weighted by atomic mass is 35.5. The number of nitrogens with zero attached hydrogens (tertiary/aromatic N) is 2. The fourth-order valence-corrected chi connectivity index (χ4v) is 3.04. The van der Waals surface area contributed by atoms with E-state index in [2.05, 4.69) is 15.7 Å². The molecule has 0 aliphatic carbocycles. The van der Waals surface area contributed by atoms with Gasteiger partial charge in [0.15, 0.2) is 0 Å². The Hall–Kier alpha value is -2.05. The lowest BCUT2D eigenvalue weighted by molar-refractivity contribution is -0.124. The van der Waals surface area contributed by atoms with Crippen LogP contribution in [0, 0.1) is 12.8 Å². The summed E-state index contributed by atoms with van der Waals surface area (Å²) in [5.41, 5.74) is 2.31. The van der Waals surface area contributed by atoms with Crippen molar-refractivity contribution in [1.29, 1.82) is 0 Å². The number of carbonyl (C=O) groups excluding carboxylic acids is 1. The van der Waals surface area contributed by atoms with Crippen molar-refractivity contribution in [3.8, 4) is 5.75 Å². The van der Waals surface area contributed by atoms with Crippen LogP contribution in [0.4, 0.5) is 0 Å². The molecular weight excluding hydrogens is 340 g/mol. The van der Waals surface area contributed by atoms with Crippen LogP contribution in [0.25, 0.3) is 0 Å². The van der Waals surface area contributed by atoms with Crippen LogP contribution in [0.5, 0.6) is 5.75 Å². The fraction of sp³-hybridized carbons (Fsp3) is 0.444. The molecule has 25 heavy (non-hydrogen) atoms. The van der Waals surface area contributed by atoms with Crippen LogP contribution in [-0.2, 0) is 11.8 Å². The molecule has 1 aromatic heterocycles. The van der Waals surface area contributed by atoms with Crippen LogP contribution >= 0.6 is 12.4 Å². The zero-order valence-corrected chi connectivity index (χ0v) is 15.4. The van der Waals surface area contributed by atoms with Crippen LogP contribution in [-0.4, -0.2) is 41.9 Å². The summed E-state index contributed by atoms with van der Waals surface area (Å²) >= 11 is 0. The summed E-state index contributed by atoms with van der Waals surface area (Å²) in [7, 11) is 1.89. The second kappa shape index (κ2) is 8.87. The first-order chi connectivity index (χ1) is 11.6. The van der Waals surface area contributed by atoms with Gasteiger partial charge in [0, 0.05) is 32.3 Å². The Morgan fingerprint density at radius 1 is 1.36 bits per heavy atom. The third-order valence-electron chi connectivity index (χ3n) is 4.39. The third kappa shape index (κ3) is 4.96. The Balaban J connectivity index is 0.00000225. The van der Waals surface area contributed by atoms with Gasteiger partial charge in [0.05, 0.1) is 18.7 Å². The molecule has 1 saturated heterocycles. The lowest BCUT2D eigenvalue weighted by Gasteiger charge is -2.17. The van der Waals surface area contributed by atoms with E-state index in [1.807, 2.05) is 50.6 Å². The number of benzene rings is 1. The van der Waals surface area contributed by atoms with Crippen molar-refractivity contribution < 1.29 is 9.53 Å². The predicted octanol–water partition coefficient (Wildman–Crippen LogP) is 1.65. The van der Waals surface area contributed by atoms with Gasteiger partial charge < -0.3 is 15.4 Å². The predicted molar refractivity (Wildman–Crippen MR) is 99.2 cm³/mol. The van der Waals surface area contributed by atoms with Gasteiger partial charge in [-0.05, 0) is 24.6 Å². The van der Waals surface area contributed by atoms with E-state index in [0.29, 0.717) is 19.7 Å². The second-order valence-electron chi connectivity index (χ2n) is 6.27. The van der Waals surface area contributed by atoms with E-state index in [1.165, 1.54) is 5.56 Å². The van der Waals surface area contributed by atoms with E-state index in [-0.39, 0.29) is 30.2 Å². The number of hydrogen-bond acceptors (Lipinski definition) is 4. The smallest absolute Gasteiger partial charge is 0.225 e. The Morgan fingerprint density at radius 2 is 2.12 bits per heavy atom. The first-order valence-corrected chi connectivity index (χ1v) is 8.30. The minimum absolute atomic E-state index is 0. The van der Waals surface area contributed by atoms with Gasteiger partial charge in [-0.25, -0.2) is 0 Å². The standard InChI is InChI=1S/C18H24N4O2.ClH/c1-13-3-5-15(6-4-13)24-8-7-20-18(23)17-11-19-10-16(17)14-9-21-22(2)12-14;/h3-6,9,12,16-17,19H,7-8,10-11H2,1-2H3,(H,20,23);1H/t16-,17+;/m1./s1. The van der Waals surface area contributed by atoms with E-state index >= 15 is 0 Å². The number of carbonyl (C=O) groups is 1. The highest BCUT2D eigenvalue weighted by Gasteiger charge is 2.34. The van der Waals surface area contributed by atoms with Crippen LogP contribution in [0.2, 0.25) is 0 Å². The summed E-state index contributed by atoms with van der Waals surface area (Å²) in [5, 5.41) is 10.5. The molecule has 7 heteroatoms. The van der Waals surface area contributed by atoms with E-state index in [1.54, 1.807) is 4.68 Å². The Morgan fingerprint density at radius 3 is 2.80 bits per heavy atom. The molecule has 1 amide bonds. The molecule has 6 nitrogen and oxygen atoms in total. The summed E-state index contributed by atoms with van der Waals surface area (Å²) in [6, 6.07) is 7.90. The molecule has 3 rings (SSSR count). The summed E-state index contributed by atoms with van der Waals surface area (Å²) in [5.74, 6) is 1.01. The quantitative estimate of drug-likeness (QED) is 0.765. The number of nitrogens with one attached hydrogen (secondary N) is 2. The van der Waals surface area contributed by atoms with Gasteiger partial charge in [0.25, 0.3) is 0 Å². The maximum absolute atomic E-state index is 12.5. The average Bonchev–Trinajstić information content (AvgIpc) is 3.21. The van der Waals surface area contributed by atoms with Gasteiger partial charge in [0.2, 0.25) is 5.91 Å². The molecule has 136 valence electrons. The van der Waals surface area contributed by atoms with Crippen LogP contribution in [0.15, 0.2) is 36.7 Å². The fourth-order valence-electron chi connectivity index (χ4n) is 3.04. The van der Waals surface area contributed by atoms with E-state index in [0.717, 1.165) is 17.9 Å². The monoisotopic (exact) mass is 364 g/mol. The van der Waals surface area contributed by atoms with Crippen molar-refractivity contribution in [3.05, 3.63) is 47.8 Å². The molecule has 0 radical (unpaired) electrons. The molecule has 2 N–H and O–H groups in total. The zero-order chi connectivity index (χ0) is 16.9. The Kier molecular flexibility index (Phi) is 6.84. The molecule has 1 aliphatic heterocycles. The van der Waals surface area contributed by atoms with Crippen molar-refractivity contribution in [3.63, 3.8) is 0 Å². The Labute approximate surface area is 154 Å². The molecule has 0 spiro atoms. The van der Waals surface area contributed by atoms with Crippen LogP contribution in [0.3, 0.4) is 0 Å². The van der Waals surface area contributed by atoms with Gasteiger partial charge in [-0.1, -0.05) is 17.7 Å². The average molecular weight is 365 g/mol. The van der Waals surface area contributed by atoms with Crippen molar-refractivity contribution in [2.45, 2.75) is 12.8 Å². The normalized spacial score (nSPS) is 19.3. The van der Waals surface area contributed by atoms with Gasteiger partial charge >= 0.3 is 0 Å². The molecule has 0 saturated carbocycles. The van der Waals surface area contributed by atoms with E-state index in [4.69, 9.17) is 4.74 Å². The Bertz CT molecular complexity index is 687. The number of hydrogen-bond donors (Lipinski definition) is 2. The molecule has 1 aromatic carbocycles. The van der Waals surface area contributed by atoms with Crippen molar-refractivity contribution >= 4 is 18.3 Å². The molecule has 2 heterocycles. The molecule has 2 atom stereocenters. The lowest BCUT2D eigenvalue weighted by atomic mass is 9.90. The van der Waals surface area contributed by atoms with Crippen LogP contribution < -0.4 is 15.4 Å². The first kappa shape index (κ1) is 19.3. The minimum atomic E-state index is -0.0615. The summed E-state index contributed by atoms with van der Waals surface area (Å²) in [6.07, 6.45) is 3.83. The largest absolute Gasteiger partial charge is 0.492 e. The molecule has 0 bridgehead atoms. The van der Waals surface area contributed by atoms with Gasteiger partial charge in [0.1, 0.15) is 12.4 Å². The number of halogens is 1. The van der Waals surface area contributed by atoms with Crippen molar-refractivity contribution in [2.75, 3.05) is 26.2 Å². The first-order valence-electron chi connectivity index (χ1n) is 8.30. The number of aromatic nitrogens is 2. The maximum atomic E-state index is 12.5. The lowest BCUT2D eigenvalue weighted by Crippen LogP contribution is -2.36. The number of amides is 1. The van der Waals surface area contributed by atoms with Gasteiger partial charge in [-0.15, -0.1) is 12.4 Å². The number of ether oxygens (including phenoxy) is 1. The van der Waals surface area contributed by atoms with Gasteiger partial charge in [-0.2, -0.15) is 5.10 Å². The highest BCUT2D eigenvalue weighted by Crippen LogP contribution is 2.27. The highest BCUT2D eigenvalue weighted by molar-refractivity contribution is 5.85. The molecular formula is C18H25ClN4O2. The van der Waals surface area contributed by atoms with Crippen molar-refractivity contribution in [2.24, 2.45) is 13.0 Å². The molecule has 1 fully saturated rings. The number of aryl methyl sites for hydroxylation is 2. The van der Waals surface area contributed by atoms with E-state index in [9.17, 15) is 4.79 Å². The summed E-state index contributed by atoms with van der Waals surface area (Å²) < 4.78 is 7.42. The summed E-state index contributed by atoms with van der Waals surface area (Å²) in [6.45, 7) is 4.52. The van der Waals surface area contributed by atoms with Gasteiger partial charge in [-0.3, -0.25) is 9.48 Å². The summed E-state index contributed by atoms with van der Waals surface area (Å²) in [4.78, 5) is 12.5. The maximum Gasteiger partial charge on any atom is 0.225 e. The zero-order valence-electron chi connectivity index (χ0n) is 14.6. The molecule has 1 aliphatic rings. The van der Waals surface area contributed by atoms with E-state index < -0.39 is 0 Å². The molecule has 2 aromatic rings.